The van der Waals surface area contributed by atoms with Gasteiger partial charge in [0.1, 0.15) is 0 Å². The van der Waals surface area contributed by atoms with Crippen LogP contribution in [-0.2, 0) is 0 Å². The molecule has 0 amide bonds. The third-order valence-electron chi connectivity index (χ3n) is 4.16. The van der Waals surface area contributed by atoms with E-state index in [1.165, 1.54) is 28.1 Å². The first kappa shape index (κ1) is 18.7. The van der Waals surface area contributed by atoms with Crippen molar-refractivity contribution in [2.45, 2.75) is 0 Å². The van der Waals surface area contributed by atoms with E-state index < -0.39 is 5.96 Å². The molecular weight excluding hydrogens is 347 g/mol. The SMILES string of the molecule is CP(Cl)(c1ccccc1)(c1ccccc1)c1ccccc1.N#CC#N. The summed E-state index contributed by atoms with van der Waals surface area (Å²) in [4.78, 5) is 0. The largest absolute Gasteiger partial charge is 0.181 e. The Morgan fingerprint density at radius 2 is 0.840 bits per heavy atom. The number of hydrogen-bond acceptors (Lipinski definition) is 2. The molecule has 0 saturated carbocycles. The van der Waals surface area contributed by atoms with Gasteiger partial charge in [0.25, 0.3) is 0 Å². The van der Waals surface area contributed by atoms with Crippen molar-refractivity contribution in [1.82, 2.24) is 0 Å². The van der Waals surface area contributed by atoms with Gasteiger partial charge >= 0.3 is 131 Å². The van der Waals surface area contributed by atoms with Crippen molar-refractivity contribution in [2.75, 3.05) is 6.66 Å². The second-order valence-corrected chi connectivity index (χ2v) is 12.6. The molecule has 0 aromatic heterocycles. The van der Waals surface area contributed by atoms with Crippen LogP contribution in [0.3, 0.4) is 0 Å². The van der Waals surface area contributed by atoms with E-state index in [4.69, 9.17) is 21.8 Å². The van der Waals surface area contributed by atoms with Crippen LogP contribution in [0.25, 0.3) is 0 Å². The van der Waals surface area contributed by atoms with Crippen LogP contribution in [0, 0.1) is 22.7 Å². The molecule has 0 radical (unpaired) electrons. The average Bonchev–Trinajstić information content (AvgIpc) is 2.70. The molecule has 0 saturated heterocycles. The van der Waals surface area contributed by atoms with Gasteiger partial charge in [-0.2, -0.15) is 10.5 Å². The summed E-state index contributed by atoms with van der Waals surface area (Å²) in [5, 5.41) is 18.1. The Labute approximate surface area is 153 Å². The molecule has 3 aromatic rings. The number of nitriles is 2. The molecule has 0 fully saturated rings. The van der Waals surface area contributed by atoms with Crippen molar-refractivity contribution in [3.05, 3.63) is 91.0 Å². The smallest absolute Gasteiger partial charge is 0.181 e. The fraction of sp³-hybridized carbons (Fsp3) is 0.0476. The molecule has 4 heteroatoms. The molecule has 124 valence electrons. The maximum Gasteiger partial charge on any atom is 0.181 e. The van der Waals surface area contributed by atoms with Crippen LogP contribution >= 0.6 is 17.2 Å². The van der Waals surface area contributed by atoms with Crippen molar-refractivity contribution in [3.8, 4) is 12.1 Å². The van der Waals surface area contributed by atoms with Gasteiger partial charge in [-0.3, -0.25) is 0 Å². The van der Waals surface area contributed by atoms with Crippen molar-refractivity contribution >= 4 is 33.1 Å². The third kappa shape index (κ3) is 3.72. The van der Waals surface area contributed by atoms with Gasteiger partial charge in [-0.15, -0.1) is 0 Å². The van der Waals surface area contributed by atoms with E-state index in [1.807, 2.05) is 18.2 Å². The number of nitrogens with zero attached hydrogens (tertiary/aromatic N) is 2. The second kappa shape index (κ2) is 7.96. The van der Waals surface area contributed by atoms with Crippen LogP contribution in [0.5, 0.6) is 0 Å². The zero-order chi connectivity index (χ0) is 18.2. The molecule has 3 rings (SSSR count). The number of hydrogen-bond donors (Lipinski definition) is 0. The maximum absolute atomic E-state index is 7.50. The summed E-state index contributed by atoms with van der Waals surface area (Å²) in [6.45, 7) is 2.22. The third-order valence-corrected chi connectivity index (χ3v) is 10.5. The Hall–Kier alpha value is -2.64. The quantitative estimate of drug-likeness (QED) is 0.649. The number of rotatable bonds is 3. The fourth-order valence-corrected chi connectivity index (χ4v) is 7.35. The zero-order valence-electron chi connectivity index (χ0n) is 13.9. The summed E-state index contributed by atoms with van der Waals surface area (Å²) in [5.74, 6) is -2.90. The van der Waals surface area contributed by atoms with Crippen LogP contribution in [-0.4, -0.2) is 6.66 Å². The Morgan fingerprint density at radius 3 is 1.04 bits per heavy atom. The molecule has 0 N–H and O–H groups in total. The van der Waals surface area contributed by atoms with Gasteiger partial charge in [-0.25, -0.2) is 0 Å². The average molecular weight is 365 g/mol. The number of halogens is 1. The molecular formula is C21H18ClN2P. The Kier molecular flexibility index (Phi) is 5.95. The molecule has 3 aromatic carbocycles. The van der Waals surface area contributed by atoms with E-state index in [0.717, 1.165) is 0 Å². The van der Waals surface area contributed by atoms with Gasteiger partial charge in [-0.05, 0) is 0 Å². The Bertz CT molecular complexity index is 780. The van der Waals surface area contributed by atoms with E-state index in [1.54, 1.807) is 0 Å². The summed E-state index contributed by atoms with van der Waals surface area (Å²) in [6.07, 6.45) is 0. The van der Waals surface area contributed by atoms with Crippen LogP contribution < -0.4 is 15.9 Å². The monoisotopic (exact) mass is 364 g/mol. The first-order chi connectivity index (χ1) is 12.0. The van der Waals surface area contributed by atoms with E-state index >= 15 is 0 Å². The van der Waals surface area contributed by atoms with Crippen LogP contribution in [0.1, 0.15) is 0 Å². The van der Waals surface area contributed by atoms with Crippen molar-refractivity contribution < 1.29 is 0 Å². The maximum atomic E-state index is 7.50. The predicted octanol–water partition coefficient (Wildman–Crippen LogP) is 4.33. The van der Waals surface area contributed by atoms with Crippen molar-refractivity contribution in [3.63, 3.8) is 0 Å². The standard InChI is InChI=1S/C19H18ClP.C2N2/c1-21(20,17-11-5-2-6-12-17,18-13-7-3-8-14-18)19-15-9-4-10-16-19;3-1-2-4/h2-16H,1H3;. The number of benzene rings is 3. The minimum atomic E-state index is -2.90. The summed E-state index contributed by atoms with van der Waals surface area (Å²) >= 11 is 7.50. The van der Waals surface area contributed by atoms with E-state index in [0.29, 0.717) is 0 Å². The molecule has 0 aliphatic carbocycles. The zero-order valence-corrected chi connectivity index (χ0v) is 15.5. The Balaban J connectivity index is 0.000000511. The minimum absolute atomic E-state index is 1.20. The van der Waals surface area contributed by atoms with Gasteiger partial charge in [0.2, 0.25) is 0 Å². The molecule has 25 heavy (non-hydrogen) atoms. The molecule has 0 aliphatic heterocycles. The first-order valence-corrected chi connectivity index (χ1v) is 11.3. The summed E-state index contributed by atoms with van der Waals surface area (Å²) in [6, 6.07) is 33.8. The van der Waals surface area contributed by atoms with Crippen molar-refractivity contribution in [2.24, 2.45) is 0 Å². The minimum Gasteiger partial charge on any atom is -0.181 e. The molecule has 0 atom stereocenters. The molecule has 0 aliphatic rings. The molecule has 0 unspecified atom stereocenters. The van der Waals surface area contributed by atoms with E-state index in [9.17, 15) is 0 Å². The molecule has 2 nitrogen and oxygen atoms in total. The van der Waals surface area contributed by atoms with Gasteiger partial charge in [0.15, 0.2) is 12.1 Å². The molecule has 0 bridgehead atoms. The van der Waals surface area contributed by atoms with Gasteiger partial charge in [0, 0.05) is 0 Å². The van der Waals surface area contributed by atoms with Gasteiger partial charge in [0.05, 0.1) is 0 Å². The van der Waals surface area contributed by atoms with Crippen LogP contribution in [0.2, 0.25) is 0 Å². The van der Waals surface area contributed by atoms with Crippen LogP contribution in [0.15, 0.2) is 91.0 Å². The summed E-state index contributed by atoms with van der Waals surface area (Å²) < 4.78 is 0. The topological polar surface area (TPSA) is 47.6 Å². The predicted molar refractivity (Wildman–Crippen MR) is 108 cm³/mol. The van der Waals surface area contributed by atoms with E-state index in [2.05, 4.69) is 79.5 Å². The van der Waals surface area contributed by atoms with Gasteiger partial charge < -0.3 is 0 Å². The Morgan fingerprint density at radius 1 is 0.600 bits per heavy atom. The normalized spacial score (nSPS) is 11.6. The fourth-order valence-electron chi connectivity index (χ4n) is 2.79. The van der Waals surface area contributed by atoms with Gasteiger partial charge in [-0.1, -0.05) is 0 Å². The molecule has 0 spiro atoms. The summed E-state index contributed by atoms with van der Waals surface area (Å²) in [7, 11) is 0. The summed E-state index contributed by atoms with van der Waals surface area (Å²) in [5.41, 5.74) is 0. The molecule has 0 heterocycles. The van der Waals surface area contributed by atoms with E-state index in [-0.39, 0.29) is 0 Å². The first-order valence-electron chi connectivity index (χ1n) is 7.72. The van der Waals surface area contributed by atoms with Crippen LogP contribution in [0.4, 0.5) is 0 Å². The van der Waals surface area contributed by atoms with Crippen molar-refractivity contribution in [1.29, 1.82) is 10.5 Å². The second-order valence-electron chi connectivity index (χ2n) is 5.66.